The van der Waals surface area contributed by atoms with Crippen LogP contribution in [0.25, 0.3) is 11.0 Å². The molecular formula is C12H13NO2. The Balaban J connectivity index is 2.48. The maximum atomic E-state index is 11.9. The fraction of sp³-hybridized carbons (Fsp3) is 0.333. The molecule has 0 saturated heterocycles. The van der Waals surface area contributed by atoms with Crippen molar-refractivity contribution in [1.82, 2.24) is 5.16 Å². The van der Waals surface area contributed by atoms with Gasteiger partial charge < -0.3 is 4.52 Å². The van der Waals surface area contributed by atoms with Crippen LogP contribution < -0.4 is 0 Å². The number of rotatable bonds is 3. The number of aromatic nitrogens is 1. The molecule has 0 aliphatic rings. The average Bonchev–Trinajstić information content (AvgIpc) is 2.70. The topological polar surface area (TPSA) is 43.1 Å². The molecule has 1 unspecified atom stereocenters. The van der Waals surface area contributed by atoms with Gasteiger partial charge in [-0.3, -0.25) is 4.79 Å². The second-order valence-corrected chi connectivity index (χ2v) is 3.70. The third-order valence-corrected chi connectivity index (χ3v) is 2.67. The van der Waals surface area contributed by atoms with Gasteiger partial charge in [-0.2, -0.15) is 0 Å². The smallest absolute Gasteiger partial charge is 0.188 e. The van der Waals surface area contributed by atoms with Gasteiger partial charge >= 0.3 is 0 Å². The zero-order chi connectivity index (χ0) is 10.8. The summed E-state index contributed by atoms with van der Waals surface area (Å²) in [4.78, 5) is 11.9. The highest BCUT2D eigenvalue weighted by Crippen LogP contribution is 2.21. The van der Waals surface area contributed by atoms with Crippen molar-refractivity contribution in [3.63, 3.8) is 0 Å². The maximum absolute atomic E-state index is 11.9. The van der Waals surface area contributed by atoms with Crippen LogP contribution in [0.1, 0.15) is 30.8 Å². The largest absolute Gasteiger partial charge is 0.356 e. The molecule has 0 radical (unpaired) electrons. The molecule has 0 aliphatic heterocycles. The molecule has 0 saturated carbocycles. The monoisotopic (exact) mass is 203 g/mol. The van der Waals surface area contributed by atoms with Gasteiger partial charge in [0.2, 0.25) is 0 Å². The van der Waals surface area contributed by atoms with Gasteiger partial charge in [-0.05, 0) is 18.6 Å². The number of benzene rings is 1. The van der Waals surface area contributed by atoms with Crippen LogP contribution in [0.5, 0.6) is 0 Å². The first kappa shape index (κ1) is 9.90. The van der Waals surface area contributed by atoms with Crippen molar-refractivity contribution in [2.45, 2.75) is 20.3 Å². The Kier molecular flexibility index (Phi) is 2.54. The predicted octanol–water partition coefficient (Wildman–Crippen LogP) is 3.06. The molecule has 3 heteroatoms. The molecule has 0 fully saturated rings. The summed E-state index contributed by atoms with van der Waals surface area (Å²) in [6, 6.07) is 7.43. The van der Waals surface area contributed by atoms with Crippen LogP contribution in [-0.4, -0.2) is 10.9 Å². The molecule has 15 heavy (non-hydrogen) atoms. The molecule has 0 aliphatic carbocycles. The lowest BCUT2D eigenvalue weighted by Gasteiger charge is -2.03. The van der Waals surface area contributed by atoms with Crippen LogP contribution in [-0.2, 0) is 0 Å². The molecule has 78 valence electrons. The molecular weight excluding hydrogens is 190 g/mol. The quantitative estimate of drug-likeness (QED) is 0.720. The van der Waals surface area contributed by atoms with Crippen molar-refractivity contribution >= 4 is 16.8 Å². The van der Waals surface area contributed by atoms with E-state index >= 15 is 0 Å². The SMILES string of the molecule is CCC(C)C(=O)c1noc2ccccc12. The van der Waals surface area contributed by atoms with Crippen LogP contribution in [0.4, 0.5) is 0 Å². The Labute approximate surface area is 88.1 Å². The fourth-order valence-electron chi connectivity index (χ4n) is 1.48. The number of nitrogens with zero attached hydrogens (tertiary/aromatic N) is 1. The number of ketones is 1. The number of fused-ring (bicyclic) bond motifs is 1. The van der Waals surface area contributed by atoms with Gasteiger partial charge in [0.05, 0.1) is 5.39 Å². The first-order chi connectivity index (χ1) is 7.24. The number of para-hydroxylation sites is 1. The van der Waals surface area contributed by atoms with E-state index in [0.717, 1.165) is 11.8 Å². The highest BCUT2D eigenvalue weighted by Gasteiger charge is 2.19. The van der Waals surface area contributed by atoms with Crippen molar-refractivity contribution in [1.29, 1.82) is 0 Å². The lowest BCUT2D eigenvalue weighted by molar-refractivity contribution is 0.0919. The Morgan fingerprint density at radius 1 is 1.47 bits per heavy atom. The number of hydrogen-bond acceptors (Lipinski definition) is 3. The molecule has 3 nitrogen and oxygen atoms in total. The van der Waals surface area contributed by atoms with Gasteiger partial charge in [0.15, 0.2) is 17.1 Å². The minimum Gasteiger partial charge on any atom is -0.356 e. The number of carbonyl (C=O) groups is 1. The van der Waals surface area contributed by atoms with Crippen LogP contribution in [0.2, 0.25) is 0 Å². The zero-order valence-corrected chi connectivity index (χ0v) is 8.86. The van der Waals surface area contributed by atoms with Crippen LogP contribution in [0.15, 0.2) is 28.8 Å². The van der Waals surface area contributed by atoms with Crippen molar-refractivity contribution in [2.24, 2.45) is 5.92 Å². The Bertz CT molecular complexity index is 487. The molecule has 1 aromatic carbocycles. The van der Waals surface area contributed by atoms with Gasteiger partial charge in [-0.1, -0.05) is 31.1 Å². The van der Waals surface area contributed by atoms with Crippen LogP contribution >= 0.6 is 0 Å². The van der Waals surface area contributed by atoms with Gasteiger partial charge in [0, 0.05) is 5.92 Å². The molecule has 1 aromatic heterocycles. The molecule has 0 bridgehead atoms. The molecule has 1 atom stereocenters. The van der Waals surface area contributed by atoms with Crippen LogP contribution in [0.3, 0.4) is 0 Å². The first-order valence-corrected chi connectivity index (χ1v) is 5.12. The highest BCUT2D eigenvalue weighted by molar-refractivity contribution is 6.06. The van der Waals surface area contributed by atoms with E-state index in [4.69, 9.17) is 4.52 Å². The van der Waals surface area contributed by atoms with E-state index < -0.39 is 0 Å². The summed E-state index contributed by atoms with van der Waals surface area (Å²) in [5, 5.41) is 4.65. The van der Waals surface area contributed by atoms with E-state index in [1.807, 2.05) is 38.1 Å². The molecule has 0 spiro atoms. The van der Waals surface area contributed by atoms with E-state index in [1.165, 1.54) is 0 Å². The van der Waals surface area contributed by atoms with Crippen LogP contribution in [0, 0.1) is 5.92 Å². The summed E-state index contributed by atoms with van der Waals surface area (Å²) < 4.78 is 5.09. The molecule has 0 N–H and O–H groups in total. The summed E-state index contributed by atoms with van der Waals surface area (Å²) >= 11 is 0. The molecule has 0 amide bonds. The molecule has 2 aromatic rings. The minimum atomic E-state index is -0.00138. The van der Waals surface area contributed by atoms with Crippen molar-refractivity contribution < 1.29 is 9.32 Å². The van der Waals surface area contributed by atoms with Gasteiger partial charge in [-0.15, -0.1) is 0 Å². The van der Waals surface area contributed by atoms with E-state index in [-0.39, 0.29) is 11.7 Å². The first-order valence-electron chi connectivity index (χ1n) is 5.12. The summed E-state index contributed by atoms with van der Waals surface area (Å²) in [7, 11) is 0. The minimum absolute atomic E-state index is 0.00138. The lowest BCUT2D eigenvalue weighted by atomic mass is 9.99. The summed E-state index contributed by atoms with van der Waals surface area (Å²) in [6.07, 6.45) is 0.819. The summed E-state index contributed by atoms with van der Waals surface area (Å²) in [6.45, 7) is 3.90. The number of hydrogen-bond donors (Lipinski definition) is 0. The highest BCUT2D eigenvalue weighted by atomic mass is 16.5. The van der Waals surface area contributed by atoms with E-state index in [9.17, 15) is 4.79 Å². The average molecular weight is 203 g/mol. The summed E-state index contributed by atoms with van der Waals surface area (Å²) in [5.74, 6) is 0.0564. The van der Waals surface area contributed by atoms with Gasteiger partial charge in [0.1, 0.15) is 0 Å². The van der Waals surface area contributed by atoms with Gasteiger partial charge in [0.25, 0.3) is 0 Å². The third-order valence-electron chi connectivity index (χ3n) is 2.67. The second kappa shape index (κ2) is 3.85. The standard InChI is InChI=1S/C12H13NO2/c1-3-8(2)12(14)11-9-6-4-5-7-10(9)15-13-11/h4-8H,3H2,1-2H3. The normalized spacial score (nSPS) is 12.9. The van der Waals surface area contributed by atoms with Crippen molar-refractivity contribution in [2.75, 3.05) is 0 Å². The second-order valence-electron chi connectivity index (χ2n) is 3.70. The third kappa shape index (κ3) is 1.65. The Morgan fingerprint density at radius 3 is 2.93 bits per heavy atom. The van der Waals surface area contributed by atoms with Crippen molar-refractivity contribution in [3.8, 4) is 0 Å². The van der Waals surface area contributed by atoms with E-state index in [1.54, 1.807) is 0 Å². The molecule has 1 heterocycles. The number of Topliss-reactive ketones (excluding diaryl/α,β-unsaturated/α-hetero) is 1. The van der Waals surface area contributed by atoms with E-state index in [0.29, 0.717) is 11.3 Å². The van der Waals surface area contributed by atoms with Gasteiger partial charge in [-0.25, -0.2) is 0 Å². The Hall–Kier alpha value is -1.64. The zero-order valence-electron chi connectivity index (χ0n) is 8.86. The Morgan fingerprint density at radius 2 is 2.20 bits per heavy atom. The predicted molar refractivity (Wildman–Crippen MR) is 57.8 cm³/mol. The van der Waals surface area contributed by atoms with E-state index in [2.05, 4.69) is 5.16 Å². The summed E-state index contributed by atoms with van der Waals surface area (Å²) in [5.41, 5.74) is 1.13. The maximum Gasteiger partial charge on any atom is 0.188 e. The molecule has 2 rings (SSSR count). The fourth-order valence-corrected chi connectivity index (χ4v) is 1.48. The number of carbonyl (C=O) groups excluding carboxylic acids is 1. The lowest BCUT2D eigenvalue weighted by Crippen LogP contribution is -2.10. The van der Waals surface area contributed by atoms with Crippen molar-refractivity contribution in [3.05, 3.63) is 30.0 Å².